The summed E-state index contributed by atoms with van der Waals surface area (Å²) >= 11 is 0. The van der Waals surface area contributed by atoms with Gasteiger partial charge in [0.15, 0.2) is 0 Å². The lowest BCUT2D eigenvalue weighted by Gasteiger charge is -2.11. The largest absolute Gasteiger partial charge is 0.497 e. The van der Waals surface area contributed by atoms with E-state index in [4.69, 9.17) is 4.74 Å². The molecular weight excluding hydrogens is 304 g/mol. The van der Waals surface area contributed by atoms with Gasteiger partial charge in [-0.3, -0.25) is 14.2 Å². The maximum atomic E-state index is 12.5. The number of rotatable bonds is 7. The minimum absolute atomic E-state index is 0.247. The molecule has 1 N–H and O–H groups in total. The molecule has 5 heteroatoms. The molecule has 1 aromatic heterocycles. The van der Waals surface area contributed by atoms with Gasteiger partial charge in [0.1, 0.15) is 11.4 Å². The van der Waals surface area contributed by atoms with Crippen LogP contribution >= 0.6 is 0 Å². The molecule has 2 aromatic rings. The van der Waals surface area contributed by atoms with E-state index in [-0.39, 0.29) is 11.5 Å². The number of nitrogens with zero attached hydrogens (tertiary/aromatic N) is 1. The van der Waals surface area contributed by atoms with E-state index in [0.29, 0.717) is 12.2 Å². The Morgan fingerprint density at radius 1 is 1.21 bits per heavy atom. The van der Waals surface area contributed by atoms with E-state index >= 15 is 0 Å². The summed E-state index contributed by atoms with van der Waals surface area (Å²) < 4.78 is 6.49. The van der Waals surface area contributed by atoms with Crippen molar-refractivity contribution in [2.45, 2.75) is 19.8 Å². The summed E-state index contributed by atoms with van der Waals surface area (Å²) in [6.45, 7) is 2.64. The smallest absolute Gasteiger partial charge is 0.268 e. The van der Waals surface area contributed by atoms with Gasteiger partial charge in [-0.1, -0.05) is 31.5 Å². The maximum Gasteiger partial charge on any atom is 0.268 e. The third kappa shape index (κ3) is 4.59. The van der Waals surface area contributed by atoms with Crippen LogP contribution in [0.2, 0.25) is 0 Å². The molecular formula is C19H22N2O3. The first kappa shape index (κ1) is 17.5. The van der Waals surface area contributed by atoms with Crippen LogP contribution in [0.4, 0.5) is 0 Å². The summed E-state index contributed by atoms with van der Waals surface area (Å²) in [5.74, 6) is 0.463. The van der Waals surface area contributed by atoms with Gasteiger partial charge in [-0.15, -0.1) is 0 Å². The van der Waals surface area contributed by atoms with Crippen LogP contribution in [0.3, 0.4) is 0 Å². The average molecular weight is 326 g/mol. The zero-order valence-electron chi connectivity index (χ0n) is 14.0. The fraction of sp³-hybridized carbons (Fsp3) is 0.263. The summed E-state index contributed by atoms with van der Waals surface area (Å²) in [6.07, 6.45) is 5.17. The summed E-state index contributed by atoms with van der Waals surface area (Å²) in [6, 6.07) is 12.1. The Balaban J connectivity index is 2.38. The van der Waals surface area contributed by atoms with E-state index in [1.165, 1.54) is 10.6 Å². The molecule has 126 valence electrons. The van der Waals surface area contributed by atoms with Crippen LogP contribution in [0.5, 0.6) is 5.75 Å². The highest BCUT2D eigenvalue weighted by atomic mass is 16.5. The molecule has 0 aliphatic carbocycles. The van der Waals surface area contributed by atoms with Crippen LogP contribution in [-0.4, -0.2) is 24.1 Å². The molecule has 0 atom stereocenters. The van der Waals surface area contributed by atoms with Crippen molar-refractivity contribution in [3.05, 3.63) is 64.6 Å². The SMILES string of the molecule is CCCCNC(=O)/C(=C\c1ccc(OC)cc1)n1ccccc1=O. The number of aromatic nitrogens is 1. The molecule has 2 rings (SSSR count). The molecule has 0 saturated carbocycles. The van der Waals surface area contributed by atoms with Crippen molar-refractivity contribution in [2.24, 2.45) is 0 Å². The highest BCUT2D eigenvalue weighted by Crippen LogP contribution is 2.15. The molecule has 1 aromatic carbocycles. The second-order valence-corrected chi connectivity index (χ2v) is 5.32. The third-order valence-electron chi connectivity index (χ3n) is 3.55. The van der Waals surface area contributed by atoms with E-state index in [0.717, 1.165) is 24.2 Å². The van der Waals surface area contributed by atoms with Crippen molar-refractivity contribution < 1.29 is 9.53 Å². The van der Waals surface area contributed by atoms with Crippen LogP contribution in [0.1, 0.15) is 25.3 Å². The molecule has 0 saturated heterocycles. The zero-order valence-corrected chi connectivity index (χ0v) is 14.0. The van der Waals surface area contributed by atoms with E-state index in [1.54, 1.807) is 31.5 Å². The molecule has 0 aliphatic heterocycles. The molecule has 0 bridgehead atoms. The summed E-state index contributed by atoms with van der Waals surface area (Å²) in [5.41, 5.74) is 0.858. The summed E-state index contributed by atoms with van der Waals surface area (Å²) in [7, 11) is 1.60. The second kappa shape index (κ2) is 8.72. The molecule has 0 radical (unpaired) electrons. The Labute approximate surface area is 141 Å². The van der Waals surface area contributed by atoms with Crippen molar-refractivity contribution in [1.82, 2.24) is 9.88 Å². The molecule has 0 unspecified atom stereocenters. The number of nitrogens with one attached hydrogen (secondary N) is 1. The van der Waals surface area contributed by atoms with Crippen LogP contribution in [0, 0.1) is 0 Å². The van der Waals surface area contributed by atoms with Crippen LogP contribution in [-0.2, 0) is 4.79 Å². The monoisotopic (exact) mass is 326 g/mol. The van der Waals surface area contributed by atoms with Gasteiger partial charge in [-0.05, 0) is 36.3 Å². The number of ether oxygens (including phenoxy) is 1. The number of carbonyl (C=O) groups excluding carboxylic acids is 1. The van der Waals surface area contributed by atoms with Crippen LogP contribution in [0.25, 0.3) is 11.8 Å². The standard InChI is InChI=1S/C19H22N2O3/c1-3-4-12-20-19(23)17(21-13-6-5-7-18(21)22)14-15-8-10-16(24-2)11-9-15/h5-11,13-14H,3-4,12H2,1-2H3,(H,20,23)/b17-14+. The van der Waals surface area contributed by atoms with Crippen LogP contribution < -0.4 is 15.6 Å². The number of pyridine rings is 1. The highest BCUT2D eigenvalue weighted by Gasteiger charge is 2.12. The lowest BCUT2D eigenvalue weighted by Crippen LogP contribution is -2.31. The molecule has 0 aliphatic rings. The van der Waals surface area contributed by atoms with Gasteiger partial charge in [0.05, 0.1) is 7.11 Å². The van der Waals surface area contributed by atoms with E-state index in [2.05, 4.69) is 12.2 Å². The Morgan fingerprint density at radius 3 is 2.58 bits per heavy atom. The molecule has 24 heavy (non-hydrogen) atoms. The number of methoxy groups -OCH3 is 1. The van der Waals surface area contributed by atoms with Crippen molar-refractivity contribution in [3.8, 4) is 5.75 Å². The first-order chi connectivity index (χ1) is 11.7. The van der Waals surface area contributed by atoms with E-state index in [9.17, 15) is 9.59 Å². The molecule has 1 heterocycles. The van der Waals surface area contributed by atoms with Gasteiger partial charge in [-0.25, -0.2) is 0 Å². The molecule has 0 fully saturated rings. The van der Waals surface area contributed by atoms with Gasteiger partial charge < -0.3 is 10.1 Å². The van der Waals surface area contributed by atoms with Gasteiger partial charge in [0.25, 0.3) is 11.5 Å². The Morgan fingerprint density at radius 2 is 1.96 bits per heavy atom. The number of benzene rings is 1. The minimum atomic E-state index is -0.271. The van der Waals surface area contributed by atoms with Crippen molar-refractivity contribution in [2.75, 3.05) is 13.7 Å². The van der Waals surface area contributed by atoms with Crippen LogP contribution in [0.15, 0.2) is 53.5 Å². The predicted octanol–water partition coefficient (Wildman–Crippen LogP) is 2.77. The van der Waals surface area contributed by atoms with Crippen molar-refractivity contribution in [3.63, 3.8) is 0 Å². The fourth-order valence-corrected chi connectivity index (χ4v) is 2.20. The molecule has 1 amide bonds. The number of hydrogen-bond acceptors (Lipinski definition) is 3. The second-order valence-electron chi connectivity index (χ2n) is 5.32. The first-order valence-electron chi connectivity index (χ1n) is 7.97. The quantitative estimate of drug-likeness (QED) is 0.629. The van der Waals surface area contributed by atoms with Gasteiger partial charge in [0, 0.05) is 18.8 Å². The molecule has 0 spiro atoms. The number of hydrogen-bond donors (Lipinski definition) is 1. The Hall–Kier alpha value is -2.82. The lowest BCUT2D eigenvalue weighted by atomic mass is 10.1. The Bertz CT molecular complexity index is 761. The van der Waals surface area contributed by atoms with Crippen molar-refractivity contribution >= 4 is 17.7 Å². The lowest BCUT2D eigenvalue weighted by molar-refractivity contribution is -0.115. The van der Waals surface area contributed by atoms with Gasteiger partial charge in [-0.2, -0.15) is 0 Å². The number of unbranched alkanes of at least 4 members (excludes halogenated alkanes) is 1. The van der Waals surface area contributed by atoms with Crippen molar-refractivity contribution in [1.29, 1.82) is 0 Å². The maximum absolute atomic E-state index is 12.5. The average Bonchev–Trinajstić information content (AvgIpc) is 2.61. The zero-order chi connectivity index (χ0) is 17.4. The Kier molecular flexibility index (Phi) is 6.37. The minimum Gasteiger partial charge on any atom is -0.497 e. The highest BCUT2D eigenvalue weighted by molar-refractivity contribution is 6.18. The number of carbonyl (C=O) groups is 1. The number of amides is 1. The fourth-order valence-electron chi connectivity index (χ4n) is 2.20. The molecule has 5 nitrogen and oxygen atoms in total. The third-order valence-corrected chi connectivity index (χ3v) is 3.55. The topological polar surface area (TPSA) is 60.3 Å². The predicted molar refractivity (Wildman–Crippen MR) is 95.8 cm³/mol. The van der Waals surface area contributed by atoms with E-state index < -0.39 is 0 Å². The van der Waals surface area contributed by atoms with Gasteiger partial charge >= 0.3 is 0 Å². The summed E-state index contributed by atoms with van der Waals surface area (Å²) in [5, 5.41) is 2.86. The first-order valence-corrected chi connectivity index (χ1v) is 7.97. The van der Waals surface area contributed by atoms with E-state index in [1.807, 2.05) is 24.3 Å². The summed E-state index contributed by atoms with van der Waals surface area (Å²) in [4.78, 5) is 24.6. The van der Waals surface area contributed by atoms with Gasteiger partial charge in [0.2, 0.25) is 0 Å². The normalized spacial score (nSPS) is 11.2.